The SMILES string of the molecule is CCCCCC1CC/C1=C\C(=O)O. The van der Waals surface area contributed by atoms with Crippen LogP contribution in [0.1, 0.15) is 45.4 Å². The summed E-state index contributed by atoms with van der Waals surface area (Å²) in [5.74, 6) is -0.196. The molecular weight excluding hydrogens is 164 g/mol. The number of unbranched alkanes of at least 4 members (excludes halogenated alkanes) is 2. The highest BCUT2D eigenvalue weighted by molar-refractivity contribution is 5.81. The maximum absolute atomic E-state index is 10.4. The van der Waals surface area contributed by atoms with Crippen molar-refractivity contribution in [1.82, 2.24) is 0 Å². The molecule has 0 spiro atoms. The van der Waals surface area contributed by atoms with Gasteiger partial charge in [0.25, 0.3) is 0 Å². The van der Waals surface area contributed by atoms with Crippen molar-refractivity contribution in [3.8, 4) is 0 Å². The minimum absolute atomic E-state index is 0.586. The average molecular weight is 182 g/mol. The van der Waals surface area contributed by atoms with Crippen LogP contribution in [0, 0.1) is 5.92 Å². The predicted molar refractivity (Wildman–Crippen MR) is 52.6 cm³/mol. The molecule has 2 heteroatoms. The molecule has 1 atom stereocenters. The molecule has 1 fully saturated rings. The number of carboxylic acid groups (broad SMARTS) is 1. The first-order valence-electron chi connectivity index (χ1n) is 5.17. The van der Waals surface area contributed by atoms with Gasteiger partial charge < -0.3 is 5.11 Å². The van der Waals surface area contributed by atoms with Crippen LogP contribution in [0.4, 0.5) is 0 Å². The number of aliphatic carboxylic acids is 1. The van der Waals surface area contributed by atoms with Gasteiger partial charge in [0.2, 0.25) is 0 Å². The summed E-state index contributed by atoms with van der Waals surface area (Å²) in [6.45, 7) is 2.19. The molecule has 0 radical (unpaired) electrons. The maximum atomic E-state index is 10.4. The summed E-state index contributed by atoms with van der Waals surface area (Å²) in [6.07, 6.45) is 8.55. The van der Waals surface area contributed by atoms with Crippen molar-refractivity contribution >= 4 is 5.97 Å². The van der Waals surface area contributed by atoms with E-state index >= 15 is 0 Å². The highest BCUT2D eigenvalue weighted by atomic mass is 16.4. The highest BCUT2D eigenvalue weighted by Gasteiger charge is 2.23. The summed E-state index contributed by atoms with van der Waals surface area (Å²) in [5, 5.41) is 8.56. The molecule has 0 aromatic carbocycles. The average Bonchev–Trinajstić information content (AvgIpc) is 2.06. The number of rotatable bonds is 5. The third kappa shape index (κ3) is 3.21. The van der Waals surface area contributed by atoms with Crippen LogP contribution in [-0.4, -0.2) is 11.1 Å². The molecule has 1 aliphatic carbocycles. The molecule has 74 valence electrons. The van der Waals surface area contributed by atoms with Gasteiger partial charge in [0.1, 0.15) is 0 Å². The standard InChI is InChI=1S/C11H18O2/c1-2-3-4-5-9-6-7-10(9)8-11(12)13/h8-9H,2-7H2,1H3,(H,12,13)/b10-8+. The van der Waals surface area contributed by atoms with Crippen molar-refractivity contribution in [3.63, 3.8) is 0 Å². The molecular formula is C11H18O2. The van der Waals surface area contributed by atoms with Gasteiger partial charge in [0.15, 0.2) is 0 Å². The Morgan fingerprint density at radius 1 is 1.62 bits per heavy atom. The maximum Gasteiger partial charge on any atom is 0.328 e. The molecule has 13 heavy (non-hydrogen) atoms. The quantitative estimate of drug-likeness (QED) is 0.524. The van der Waals surface area contributed by atoms with Gasteiger partial charge in [-0.3, -0.25) is 0 Å². The number of allylic oxidation sites excluding steroid dienone is 1. The molecule has 0 aromatic rings. The van der Waals surface area contributed by atoms with Crippen LogP contribution in [0.3, 0.4) is 0 Å². The van der Waals surface area contributed by atoms with Crippen LogP contribution in [0.5, 0.6) is 0 Å². The summed E-state index contributed by atoms with van der Waals surface area (Å²) in [7, 11) is 0. The molecule has 0 heterocycles. The summed E-state index contributed by atoms with van der Waals surface area (Å²) in [5.41, 5.74) is 1.16. The van der Waals surface area contributed by atoms with Crippen molar-refractivity contribution in [2.75, 3.05) is 0 Å². The van der Waals surface area contributed by atoms with Gasteiger partial charge in [-0.05, 0) is 25.2 Å². The van der Waals surface area contributed by atoms with Gasteiger partial charge in [0.05, 0.1) is 0 Å². The minimum atomic E-state index is -0.782. The first-order valence-corrected chi connectivity index (χ1v) is 5.17. The molecule has 0 aromatic heterocycles. The number of hydrogen-bond acceptors (Lipinski definition) is 1. The van der Waals surface area contributed by atoms with E-state index in [1.807, 2.05) is 0 Å². The zero-order chi connectivity index (χ0) is 9.68. The number of carboxylic acids is 1. The van der Waals surface area contributed by atoms with E-state index in [1.54, 1.807) is 0 Å². The van der Waals surface area contributed by atoms with Crippen molar-refractivity contribution in [3.05, 3.63) is 11.6 Å². The monoisotopic (exact) mass is 182 g/mol. The van der Waals surface area contributed by atoms with Crippen molar-refractivity contribution in [2.24, 2.45) is 5.92 Å². The van der Waals surface area contributed by atoms with Crippen LogP contribution in [-0.2, 0) is 4.79 Å². The van der Waals surface area contributed by atoms with Crippen LogP contribution in [0.2, 0.25) is 0 Å². The highest BCUT2D eigenvalue weighted by Crippen LogP contribution is 2.37. The summed E-state index contributed by atoms with van der Waals surface area (Å²) < 4.78 is 0. The Bertz CT molecular complexity index is 206. The topological polar surface area (TPSA) is 37.3 Å². The van der Waals surface area contributed by atoms with Crippen molar-refractivity contribution in [2.45, 2.75) is 45.4 Å². The molecule has 0 saturated heterocycles. The van der Waals surface area contributed by atoms with E-state index in [-0.39, 0.29) is 0 Å². The van der Waals surface area contributed by atoms with Gasteiger partial charge in [-0.25, -0.2) is 4.79 Å². The zero-order valence-electron chi connectivity index (χ0n) is 8.25. The summed E-state index contributed by atoms with van der Waals surface area (Å²) >= 11 is 0. The number of hydrogen-bond donors (Lipinski definition) is 1. The van der Waals surface area contributed by atoms with Gasteiger partial charge >= 0.3 is 5.97 Å². The fourth-order valence-corrected chi connectivity index (χ4v) is 1.83. The molecule has 2 nitrogen and oxygen atoms in total. The second-order valence-corrected chi connectivity index (χ2v) is 3.79. The Hall–Kier alpha value is -0.790. The van der Waals surface area contributed by atoms with Crippen molar-refractivity contribution in [1.29, 1.82) is 0 Å². The lowest BCUT2D eigenvalue weighted by Gasteiger charge is -2.29. The second-order valence-electron chi connectivity index (χ2n) is 3.79. The first kappa shape index (κ1) is 10.3. The van der Waals surface area contributed by atoms with Crippen molar-refractivity contribution < 1.29 is 9.90 Å². The molecule has 0 amide bonds. The molecule has 0 aliphatic heterocycles. The molecule has 1 N–H and O–H groups in total. The Kier molecular flexibility index (Phi) is 4.00. The van der Waals surface area contributed by atoms with E-state index < -0.39 is 5.97 Å². The second kappa shape index (κ2) is 5.05. The van der Waals surface area contributed by atoms with Gasteiger partial charge in [-0.15, -0.1) is 0 Å². The summed E-state index contributed by atoms with van der Waals surface area (Å²) in [4.78, 5) is 10.4. The van der Waals surface area contributed by atoms with E-state index in [0.717, 1.165) is 12.0 Å². The van der Waals surface area contributed by atoms with Gasteiger partial charge in [-0.2, -0.15) is 0 Å². The molecule has 1 saturated carbocycles. The van der Waals surface area contributed by atoms with Crippen LogP contribution in [0.15, 0.2) is 11.6 Å². The lowest BCUT2D eigenvalue weighted by atomic mass is 9.76. The minimum Gasteiger partial charge on any atom is -0.478 e. The first-order chi connectivity index (χ1) is 6.24. The smallest absolute Gasteiger partial charge is 0.328 e. The third-order valence-corrected chi connectivity index (χ3v) is 2.77. The van der Waals surface area contributed by atoms with Crippen LogP contribution in [0.25, 0.3) is 0 Å². The lowest BCUT2D eigenvalue weighted by molar-refractivity contribution is -0.131. The Morgan fingerprint density at radius 3 is 2.85 bits per heavy atom. The molecule has 0 bridgehead atoms. The predicted octanol–water partition coefficient (Wildman–Crippen LogP) is 2.99. The fraction of sp³-hybridized carbons (Fsp3) is 0.727. The van der Waals surface area contributed by atoms with E-state index in [4.69, 9.17) is 5.11 Å². The Labute approximate surface area is 79.6 Å². The largest absolute Gasteiger partial charge is 0.478 e. The van der Waals surface area contributed by atoms with E-state index in [2.05, 4.69) is 6.92 Å². The normalized spacial score (nSPS) is 24.4. The van der Waals surface area contributed by atoms with E-state index in [0.29, 0.717) is 5.92 Å². The van der Waals surface area contributed by atoms with E-state index in [9.17, 15) is 4.79 Å². The van der Waals surface area contributed by atoms with E-state index in [1.165, 1.54) is 38.2 Å². The Balaban J connectivity index is 2.24. The Morgan fingerprint density at radius 2 is 2.38 bits per heavy atom. The van der Waals surface area contributed by atoms with Gasteiger partial charge in [-0.1, -0.05) is 31.8 Å². The zero-order valence-corrected chi connectivity index (χ0v) is 8.25. The van der Waals surface area contributed by atoms with Crippen LogP contribution < -0.4 is 0 Å². The lowest BCUT2D eigenvalue weighted by Crippen LogP contribution is -2.16. The number of carbonyl (C=O) groups is 1. The molecule has 1 unspecified atom stereocenters. The molecule has 1 rings (SSSR count). The fourth-order valence-electron chi connectivity index (χ4n) is 1.83. The van der Waals surface area contributed by atoms with Gasteiger partial charge in [0, 0.05) is 6.08 Å². The van der Waals surface area contributed by atoms with Crippen LogP contribution >= 0.6 is 0 Å². The summed E-state index contributed by atoms with van der Waals surface area (Å²) in [6, 6.07) is 0. The molecule has 1 aliphatic rings. The third-order valence-electron chi connectivity index (χ3n) is 2.77.